The monoisotopic (exact) mass is 2040 g/mol. The Morgan fingerprint density at radius 3 is 0.755 bits per heavy atom. The Morgan fingerprint density at radius 2 is 0.544 bits per heavy atom. The molecule has 0 radical (unpaired) electrons. The highest BCUT2D eigenvalue weighted by atomic mass is 16.2. The molecule has 15 rings (SSSR count). The summed E-state index contributed by atoms with van der Waals surface area (Å²) < 4.78 is 0. The van der Waals surface area contributed by atoms with Crippen LogP contribution in [0.3, 0.4) is 0 Å². The van der Waals surface area contributed by atoms with Gasteiger partial charge in [-0.15, -0.1) is 0 Å². The Balaban J connectivity index is 0.000000184. The van der Waals surface area contributed by atoms with Crippen LogP contribution in [0.15, 0.2) is 55.8 Å². The Hall–Kier alpha value is -11.7. The molecule has 6 heterocycles. The second-order valence-electron chi connectivity index (χ2n) is 46.5. The minimum absolute atomic E-state index is 0.0132. The standard InChI is InChI=1S/3C36H53N7O6/c3*1-5-10-25(29(44)34(48)39-23-15-16-23)40-33(47)28-24-14-9-13-22(24)20-43(28)35(49)30(36(2,3)4)42-32(46)27(21-11-7-6-8-12-21)41-31(45)26-19-37-17-18-38-26/h3*17-19,21-25,27-28,30H,5-16,20H2,1-4H3,(H,39,48)(H,40,47)(H,41,45)(H,42,46)/t22-,24-,25?,27-,28-,30+;22-,24-,25+,27-,28?,30+;22-,24-,25-,27-,28?,30+/m000/s1. The van der Waals surface area contributed by atoms with E-state index in [4.69, 9.17) is 0 Å². The van der Waals surface area contributed by atoms with Crippen molar-refractivity contribution in [1.82, 2.24) is 108 Å². The van der Waals surface area contributed by atoms with Crippen molar-refractivity contribution >= 4 is 106 Å². The number of amides is 15. The summed E-state index contributed by atoms with van der Waals surface area (Å²) in [5.41, 5.74) is -1.91. The summed E-state index contributed by atoms with van der Waals surface area (Å²) in [6.07, 6.45) is 41.6. The number of rotatable bonds is 39. The van der Waals surface area contributed by atoms with Crippen LogP contribution in [0.4, 0.5) is 0 Å². The van der Waals surface area contributed by atoms with Gasteiger partial charge in [0.05, 0.1) is 36.7 Å². The first-order valence-electron chi connectivity index (χ1n) is 54.6. The number of carbonyl (C=O) groups is 18. The van der Waals surface area contributed by atoms with E-state index in [0.717, 1.165) is 193 Å². The molecule has 147 heavy (non-hydrogen) atoms. The number of likely N-dealkylation sites (tertiary alicyclic amines) is 3. The van der Waals surface area contributed by atoms with E-state index in [0.29, 0.717) is 58.2 Å². The van der Waals surface area contributed by atoms with E-state index in [1.165, 1.54) is 55.8 Å². The molecular formula is C108H159N21O18. The van der Waals surface area contributed by atoms with Crippen LogP contribution in [0, 0.1) is 69.5 Å². The molecule has 0 aromatic carbocycles. The van der Waals surface area contributed by atoms with E-state index in [1.807, 2.05) is 83.1 Å². The third-order valence-electron chi connectivity index (χ3n) is 32.0. The number of hydrogen-bond donors (Lipinski definition) is 12. The van der Waals surface area contributed by atoms with Gasteiger partial charge in [0.2, 0.25) is 70.5 Å². The van der Waals surface area contributed by atoms with Gasteiger partial charge in [-0.3, -0.25) is 101 Å². The highest BCUT2D eigenvalue weighted by Crippen LogP contribution is 2.47. The molecule has 12 N–H and O–H groups in total. The van der Waals surface area contributed by atoms with Gasteiger partial charge in [0, 0.05) is 74.9 Å². The molecule has 0 bridgehead atoms. The van der Waals surface area contributed by atoms with Crippen molar-refractivity contribution in [3.05, 3.63) is 72.9 Å². The zero-order chi connectivity index (χ0) is 106. The van der Waals surface area contributed by atoms with E-state index in [9.17, 15) is 86.3 Å². The number of Topliss-reactive ketones (excluding diaryl/α,β-unsaturated/α-hetero) is 3. The summed E-state index contributed by atoms with van der Waals surface area (Å²) in [6.45, 7) is 23.5. The summed E-state index contributed by atoms with van der Waals surface area (Å²) in [4.78, 5) is 274. The molecule has 804 valence electrons. The largest absolute Gasteiger partial charge is 0.347 e. The molecular weight excluding hydrogens is 1880 g/mol. The normalized spacial score (nSPS) is 24.2. The predicted molar refractivity (Wildman–Crippen MR) is 542 cm³/mol. The van der Waals surface area contributed by atoms with Gasteiger partial charge in [0.15, 0.2) is 0 Å². The molecule has 15 amide bonds. The fraction of sp³-hybridized carbons (Fsp3) is 0.722. The third kappa shape index (κ3) is 29.5. The lowest BCUT2D eigenvalue weighted by Gasteiger charge is -2.38. The lowest BCUT2D eigenvalue weighted by Crippen LogP contribution is -2.62. The van der Waals surface area contributed by atoms with E-state index in [1.54, 1.807) is 14.7 Å². The number of hydrogen-bond acceptors (Lipinski definition) is 24. The third-order valence-corrected chi connectivity index (χ3v) is 32.0. The van der Waals surface area contributed by atoms with Gasteiger partial charge in [-0.1, -0.05) is 179 Å². The van der Waals surface area contributed by atoms with E-state index in [-0.39, 0.29) is 106 Å². The van der Waals surface area contributed by atoms with Crippen molar-refractivity contribution in [1.29, 1.82) is 0 Å². The number of nitrogens with one attached hydrogen (secondary N) is 12. The first-order valence-corrected chi connectivity index (χ1v) is 54.6. The second kappa shape index (κ2) is 51.0. The molecule has 3 aromatic rings. The van der Waals surface area contributed by atoms with E-state index < -0.39 is 177 Å². The summed E-state index contributed by atoms with van der Waals surface area (Å²) in [7, 11) is 0. The fourth-order valence-electron chi connectivity index (χ4n) is 23.6. The zero-order valence-electron chi connectivity index (χ0n) is 88.0. The van der Waals surface area contributed by atoms with Crippen LogP contribution in [0.1, 0.15) is 346 Å². The van der Waals surface area contributed by atoms with Crippen LogP contribution >= 0.6 is 0 Å². The fourth-order valence-corrected chi connectivity index (χ4v) is 23.6. The topological polar surface area (TPSA) is 539 Å². The van der Waals surface area contributed by atoms with Gasteiger partial charge in [0.1, 0.15) is 71.5 Å². The van der Waals surface area contributed by atoms with Crippen molar-refractivity contribution in [3.63, 3.8) is 0 Å². The van der Waals surface area contributed by atoms with Gasteiger partial charge in [-0.2, -0.15) is 0 Å². The summed E-state index contributed by atoms with van der Waals surface area (Å²) in [6, 6.07) is -11.0. The Morgan fingerprint density at radius 1 is 0.299 bits per heavy atom. The molecule has 0 spiro atoms. The molecule has 3 unspecified atom stereocenters. The Kier molecular flexibility index (Phi) is 39.0. The second-order valence-corrected chi connectivity index (χ2v) is 46.5. The highest BCUT2D eigenvalue weighted by molar-refractivity contribution is 6.39. The number of fused-ring (bicyclic) bond motifs is 3. The van der Waals surface area contributed by atoms with Crippen LogP contribution in [0.2, 0.25) is 0 Å². The quantitative estimate of drug-likeness (QED) is 0.0248. The van der Waals surface area contributed by atoms with Crippen LogP contribution in [-0.4, -0.2) is 261 Å². The Labute approximate surface area is 863 Å². The molecule has 3 aromatic heterocycles. The molecule has 9 saturated carbocycles. The van der Waals surface area contributed by atoms with Crippen LogP contribution in [0.5, 0.6) is 0 Å². The SMILES string of the molecule is CCCC(NC(=O)[C@@H]1[C@H]2CCC[C@H]2CN1C(=O)[C@@H](NC(=O)[C@@H](NC(=O)c1cnccn1)C1CCCCC1)C(C)(C)C)C(=O)C(=O)NC1CC1.CCC[C@@H](NC(=O)C1[C@H]2CCC[C@H]2CN1C(=O)[C@@H](NC(=O)[C@@H](NC(=O)c1cnccn1)C1CCCCC1)C(C)(C)C)C(=O)C(=O)NC1CC1.CCC[C@H](NC(=O)C1[C@H]2CCC[C@H]2CN1C(=O)[C@@H](NC(=O)[C@@H](NC(=O)c1cnccn1)C1CCCCC1)C(C)(C)C)C(=O)C(=O)NC1CC1. The van der Waals surface area contributed by atoms with Crippen molar-refractivity contribution in [3.8, 4) is 0 Å². The Bertz CT molecular complexity index is 4660. The number of aromatic nitrogens is 6. The van der Waals surface area contributed by atoms with Gasteiger partial charge < -0.3 is 78.5 Å². The lowest BCUT2D eigenvalue weighted by molar-refractivity contribution is -0.146. The lowest BCUT2D eigenvalue weighted by atomic mass is 9.82. The maximum Gasteiger partial charge on any atom is 0.289 e. The van der Waals surface area contributed by atoms with Crippen LogP contribution < -0.4 is 63.8 Å². The smallest absolute Gasteiger partial charge is 0.289 e. The first-order chi connectivity index (χ1) is 70.1. The molecule has 39 nitrogen and oxygen atoms in total. The van der Waals surface area contributed by atoms with Crippen LogP contribution in [-0.2, 0) is 71.9 Å². The molecule has 18 atom stereocenters. The molecule has 39 heteroatoms. The predicted octanol–water partition coefficient (Wildman–Crippen LogP) is 7.34. The average molecular weight is 2040 g/mol. The molecule has 3 aliphatic heterocycles. The van der Waals surface area contributed by atoms with Gasteiger partial charge in [0.25, 0.3) is 35.4 Å². The van der Waals surface area contributed by atoms with E-state index >= 15 is 0 Å². The van der Waals surface area contributed by atoms with Crippen LogP contribution in [0.25, 0.3) is 0 Å². The van der Waals surface area contributed by atoms with Gasteiger partial charge in [-0.05, 0) is 204 Å². The van der Waals surface area contributed by atoms with Gasteiger partial charge in [-0.25, -0.2) is 15.0 Å². The van der Waals surface area contributed by atoms with Crippen molar-refractivity contribution in [2.24, 2.45) is 69.5 Å². The zero-order valence-corrected chi connectivity index (χ0v) is 88.0. The molecule has 9 aliphatic carbocycles. The number of carbonyl (C=O) groups excluding carboxylic acids is 18. The highest BCUT2D eigenvalue weighted by Gasteiger charge is 2.58. The minimum Gasteiger partial charge on any atom is -0.347 e. The summed E-state index contributed by atoms with van der Waals surface area (Å²) in [5, 5.41) is 34.5. The number of nitrogens with zero attached hydrogens (tertiary/aromatic N) is 9. The van der Waals surface area contributed by atoms with Crippen molar-refractivity contribution in [2.45, 2.75) is 405 Å². The van der Waals surface area contributed by atoms with Gasteiger partial charge >= 0.3 is 0 Å². The van der Waals surface area contributed by atoms with Crippen molar-refractivity contribution < 1.29 is 86.3 Å². The minimum atomic E-state index is -0.994. The maximum atomic E-state index is 14.6. The maximum absolute atomic E-state index is 14.6. The molecule has 12 aliphatic rings. The first kappa shape index (κ1) is 112. The van der Waals surface area contributed by atoms with E-state index in [2.05, 4.69) is 93.7 Å². The summed E-state index contributed by atoms with van der Waals surface area (Å²) in [5.74, 6) is -9.61. The van der Waals surface area contributed by atoms with Crippen molar-refractivity contribution in [2.75, 3.05) is 19.6 Å². The number of ketones is 3. The average Bonchev–Trinajstić information content (AvgIpc) is 1.62. The molecule has 3 saturated heterocycles. The molecule has 12 fully saturated rings. The summed E-state index contributed by atoms with van der Waals surface area (Å²) >= 11 is 0.